The fraction of sp³-hybridized carbons (Fsp3) is 0.455. The van der Waals surface area contributed by atoms with E-state index in [1.165, 1.54) is 0 Å². The summed E-state index contributed by atoms with van der Waals surface area (Å²) in [5.41, 5.74) is 2.59. The molecule has 1 atom stereocenters. The Labute approximate surface area is 193 Å². The van der Waals surface area contributed by atoms with Crippen molar-refractivity contribution in [2.24, 2.45) is 0 Å². The maximum absolute atomic E-state index is 10.9. The molecule has 10 heteroatoms. The summed E-state index contributed by atoms with van der Waals surface area (Å²) >= 11 is 3.59. The number of ether oxygens (including phenoxy) is 1. The molecule has 0 radical (unpaired) electrons. The highest BCUT2D eigenvalue weighted by Gasteiger charge is 2.25. The van der Waals surface area contributed by atoms with E-state index in [0.29, 0.717) is 19.0 Å². The minimum absolute atomic E-state index is 0.0283. The number of hydrogen-bond acceptors (Lipinski definition) is 6. The number of nitrogens with zero attached hydrogens (tertiary/aromatic N) is 5. The molecule has 3 aromatic rings. The molecule has 0 bridgehead atoms. The molecule has 9 nitrogen and oxygen atoms in total. The van der Waals surface area contributed by atoms with Crippen LogP contribution in [0.5, 0.6) is 0 Å². The van der Waals surface area contributed by atoms with Crippen LogP contribution in [0.25, 0.3) is 22.3 Å². The molecule has 168 valence electrons. The van der Waals surface area contributed by atoms with Crippen LogP contribution in [0.15, 0.2) is 34.9 Å². The lowest BCUT2D eigenvalue weighted by Gasteiger charge is -2.31. The maximum Gasteiger partial charge on any atom is 0.404 e. The molecule has 2 aliphatic heterocycles. The van der Waals surface area contributed by atoms with Crippen molar-refractivity contribution in [1.29, 1.82) is 0 Å². The van der Waals surface area contributed by atoms with Crippen LogP contribution >= 0.6 is 15.9 Å². The molecule has 5 rings (SSSR count). The summed E-state index contributed by atoms with van der Waals surface area (Å²) in [4.78, 5) is 22.3. The number of nitrogens with one attached hydrogen (secondary N) is 1. The fourth-order valence-electron chi connectivity index (χ4n) is 4.47. The van der Waals surface area contributed by atoms with Gasteiger partial charge in [0.25, 0.3) is 0 Å². The number of carbonyl (C=O) groups is 1. The first-order valence-electron chi connectivity index (χ1n) is 11.0. The number of anilines is 1. The first kappa shape index (κ1) is 21.1. The fourth-order valence-corrected chi connectivity index (χ4v) is 4.83. The van der Waals surface area contributed by atoms with E-state index >= 15 is 0 Å². The van der Waals surface area contributed by atoms with Crippen molar-refractivity contribution in [3.05, 3.63) is 34.9 Å². The Bertz CT molecular complexity index is 1120. The summed E-state index contributed by atoms with van der Waals surface area (Å²) in [5, 5.41) is 17.5. The molecule has 1 unspecified atom stereocenters. The SMILES string of the molecule is O=C(O)NC1CCN(c2nccc(-c3nn(C4CCCCO4)c4ccc(Br)cc34)n2)CC1. The lowest BCUT2D eigenvalue weighted by Crippen LogP contribution is -2.44. The summed E-state index contributed by atoms with van der Waals surface area (Å²) in [6.45, 7) is 2.15. The zero-order valence-electron chi connectivity index (χ0n) is 17.6. The Kier molecular flexibility index (Phi) is 5.97. The predicted octanol–water partition coefficient (Wildman–Crippen LogP) is 4.19. The summed E-state index contributed by atoms with van der Waals surface area (Å²) in [5.74, 6) is 0.642. The molecule has 0 aliphatic carbocycles. The normalized spacial score (nSPS) is 19.9. The van der Waals surface area contributed by atoms with Gasteiger partial charge < -0.3 is 20.1 Å². The van der Waals surface area contributed by atoms with Gasteiger partial charge in [-0.05, 0) is 56.4 Å². The molecule has 0 spiro atoms. The number of benzene rings is 1. The van der Waals surface area contributed by atoms with Gasteiger partial charge in [0.15, 0.2) is 6.23 Å². The van der Waals surface area contributed by atoms with Crippen LogP contribution in [0.3, 0.4) is 0 Å². The smallest absolute Gasteiger partial charge is 0.404 e. The van der Waals surface area contributed by atoms with Crippen molar-refractivity contribution in [2.45, 2.75) is 44.4 Å². The lowest BCUT2D eigenvalue weighted by molar-refractivity contribution is -0.0365. The second-order valence-corrected chi connectivity index (χ2v) is 9.14. The molecule has 4 heterocycles. The van der Waals surface area contributed by atoms with Crippen molar-refractivity contribution >= 4 is 38.9 Å². The largest absolute Gasteiger partial charge is 0.465 e. The number of carboxylic acid groups (broad SMARTS) is 1. The molecular weight excluding hydrogens is 476 g/mol. The Morgan fingerprint density at radius 3 is 2.78 bits per heavy atom. The van der Waals surface area contributed by atoms with E-state index in [2.05, 4.69) is 43.3 Å². The van der Waals surface area contributed by atoms with Gasteiger partial charge in [0.1, 0.15) is 5.69 Å². The third-order valence-electron chi connectivity index (χ3n) is 6.09. The molecule has 2 saturated heterocycles. The van der Waals surface area contributed by atoms with Gasteiger partial charge in [0.2, 0.25) is 5.95 Å². The second-order valence-electron chi connectivity index (χ2n) is 8.23. The van der Waals surface area contributed by atoms with E-state index < -0.39 is 6.09 Å². The van der Waals surface area contributed by atoms with Gasteiger partial charge in [-0.3, -0.25) is 0 Å². The van der Waals surface area contributed by atoms with Crippen LogP contribution in [0.4, 0.5) is 10.7 Å². The first-order valence-corrected chi connectivity index (χ1v) is 11.7. The third kappa shape index (κ3) is 4.29. The van der Waals surface area contributed by atoms with Crippen molar-refractivity contribution in [2.75, 3.05) is 24.6 Å². The average molecular weight is 501 g/mol. The molecule has 2 N–H and O–H groups in total. The standard InChI is InChI=1S/C22H25BrN6O3/c23-14-4-5-18-16(13-14)20(27-29(18)19-3-1-2-12-32-19)17-6-9-24-21(26-17)28-10-7-15(8-11-28)25-22(30)31/h4-6,9,13,15,19,25H,1-3,7-8,10-12H2,(H,30,31). The highest BCUT2D eigenvalue weighted by atomic mass is 79.9. The van der Waals surface area contributed by atoms with Crippen LogP contribution in [0.2, 0.25) is 0 Å². The van der Waals surface area contributed by atoms with E-state index in [0.717, 1.165) is 65.5 Å². The Morgan fingerprint density at radius 2 is 2.03 bits per heavy atom. The number of fused-ring (bicyclic) bond motifs is 1. The zero-order chi connectivity index (χ0) is 22.1. The molecule has 2 aromatic heterocycles. The van der Waals surface area contributed by atoms with Gasteiger partial charge in [-0.25, -0.2) is 19.4 Å². The van der Waals surface area contributed by atoms with E-state index in [9.17, 15) is 4.79 Å². The minimum atomic E-state index is -0.975. The highest BCUT2D eigenvalue weighted by Crippen LogP contribution is 2.34. The molecule has 32 heavy (non-hydrogen) atoms. The minimum Gasteiger partial charge on any atom is -0.465 e. The quantitative estimate of drug-likeness (QED) is 0.552. The summed E-state index contributed by atoms with van der Waals surface area (Å²) < 4.78 is 8.98. The highest BCUT2D eigenvalue weighted by molar-refractivity contribution is 9.10. The second kappa shape index (κ2) is 9.03. The van der Waals surface area contributed by atoms with Crippen molar-refractivity contribution in [1.82, 2.24) is 25.1 Å². The third-order valence-corrected chi connectivity index (χ3v) is 6.58. The molecule has 1 amide bonds. The monoisotopic (exact) mass is 500 g/mol. The molecular formula is C22H25BrN6O3. The average Bonchev–Trinajstić information content (AvgIpc) is 3.18. The van der Waals surface area contributed by atoms with Crippen molar-refractivity contribution in [3.63, 3.8) is 0 Å². The number of amides is 1. The Hall–Kier alpha value is -2.72. The zero-order valence-corrected chi connectivity index (χ0v) is 19.2. The molecule has 1 aromatic carbocycles. The van der Waals surface area contributed by atoms with Crippen molar-refractivity contribution in [3.8, 4) is 11.4 Å². The number of rotatable bonds is 4. The number of aromatic nitrogens is 4. The molecule has 2 fully saturated rings. The maximum atomic E-state index is 10.9. The number of halogens is 1. The topological polar surface area (TPSA) is 105 Å². The summed E-state index contributed by atoms with van der Waals surface area (Å²) in [7, 11) is 0. The van der Waals surface area contributed by atoms with Crippen LogP contribution < -0.4 is 10.2 Å². The van der Waals surface area contributed by atoms with Gasteiger partial charge in [0.05, 0.1) is 11.2 Å². The lowest BCUT2D eigenvalue weighted by atomic mass is 10.1. The number of piperidine rings is 1. The Balaban J connectivity index is 1.46. The van der Waals surface area contributed by atoms with Gasteiger partial charge in [-0.1, -0.05) is 15.9 Å². The van der Waals surface area contributed by atoms with E-state index in [4.69, 9.17) is 19.9 Å². The summed E-state index contributed by atoms with van der Waals surface area (Å²) in [6.07, 6.45) is 5.33. The van der Waals surface area contributed by atoms with Gasteiger partial charge in [0, 0.05) is 41.8 Å². The van der Waals surface area contributed by atoms with Crippen LogP contribution in [0, 0.1) is 0 Å². The molecule has 2 aliphatic rings. The first-order chi connectivity index (χ1) is 15.6. The predicted molar refractivity (Wildman–Crippen MR) is 124 cm³/mol. The Morgan fingerprint density at radius 1 is 1.19 bits per heavy atom. The summed E-state index contributed by atoms with van der Waals surface area (Å²) in [6, 6.07) is 8.02. The van der Waals surface area contributed by atoms with Gasteiger partial charge in [-0.15, -0.1) is 0 Å². The molecule has 0 saturated carbocycles. The van der Waals surface area contributed by atoms with Gasteiger partial charge in [-0.2, -0.15) is 5.10 Å². The van der Waals surface area contributed by atoms with Crippen LogP contribution in [-0.4, -0.2) is 56.7 Å². The van der Waals surface area contributed by atoms with Crippen LogP contribution in [0.1, 0.15) is 38.3 Å². The van der Waals surface area contributed by atoms with E-state index in [1.54, 1.807) is 6.20 Å². The van der Waals surface area contributed by atoms with Crippen molar-refractivity contribution < 1.29 is 14.6 Å². The van der Waals surface area contributed by atoms with E-state index in [1.807, 2.05) is 16.8 Å². The van der Waals surface area contributed by atoms with Gasteiger partial charge >= 0.3 is 6.09 Å². The van der Waals surface area contributed by atoms with Crippen LogP contribution in [-0.2, 0) is 4.74 Å². The van der Waals surface area contributed by atoms with E-state index in [-0.39, 0.29) is 12.3 Å². The number of hydrogen-bond donors (Lipinski definition) is 2.